The summed E-state index contributed by atoms with van der Waals surface area (Å²) in [7, 11) is 1.56. The van der Waals surface area contributed by atoms with Crippen LogP contribution in [0, 0.1) is 11.7 Å². The topological polar surface area (TPSA) is 55.6 Å². The van der Waals surface area contributed by atoms with Crippen molar-refractivity contribution in [2.75, 3.05) is 20.2 Å². The Morgan fingerprint density at radius 3 is 2.79 bits per heavy atom. The van der Waals surface area contributed by atoms with Crippen molar-refractivity contribution in [1.29, 1.82) is 0 Å². The maximum absolute atomic E-state index is 14.2. The molecule has 1 unspecified atom stereocenters. The minimum Gasteiger partial charge on any atom is -0.380 e. The number of nitrogens with two attached hydrogens (primary N) is 1. The zero-order chi connectivity index (χ0) is 17.3. The van der Waals surface area contributed by atoms with Crippen molar-refractivity contribution in [3.8, 4) is 0 Å². The van der Waals surface area contributed by atoms with E-state index in [0.717, 1.165) is 17.5 Å². The van der Waals surface area contributed by atoms with E-state index in [9.17, 15) is 9.18 Å². The van der Waals surface area contributed by atoms with Gasteiger partial charge in [-0.25, -0.2) is 4.39 Å². The van der Waals surface area contributed by atoms with E-state index in [0.29, 0.717) is 34.8 Å². The molecule has 0 bridgehead atoms. The van der Waals surface area contributed by atoms with E-state index in [4.69, 9.17) is 10.5 Å². The lowest BCUT2D eigenvalue weighted by molar-refractivity contribution is 0.0682. The largest absolute Gasteiger partial charge is 0.380 e. The molecule has 0 radical (unpaired) electrons. The molecule has 1 aromatic carbocycles. The van der Waals surface area contributed by atoms with Crippen LogP contribution >= 0.6 is 11.3 Å². The number of hydrogen-bond acceptors (Lipinski definition) is 4. The summed E-state index contributed by atoms with van der Waals surface area (Å²) in [5, 5.41) is 0.512. The van der Waals surface area contributed by atoms with Crippen LogP contribution in [0.1, 0.15) is 35.0 Å². The number of fused-ring (bicyclic) bond motifs is 1. The third-order valence-corrected chi connectivity index (χ3v) is 6.00. The normalized spacial score (nSPS) is 17.4. The molecule has 2 aromatic rings. The number of carbonyl (C=O) groups excluding carboxylic acids is 1. The maximum atomic E-state index is 14.2. The number of halogens is 1. The van der Waals surface area contributed by atoms with Crippen LogP contribution in [0.25, 0.3) is 10.1 Å². The number of nitrogens with zero attached hydrogens (tertiary/aromatic N) is 1. The fourth-order valence-electron chi connectivity index (χ4n) is 3.39. The average molecular weight is 350 g/mol. The number of methoxy groups -OCH3 is 1. The number of piperidine rings is 1. The summed E-state index contributed by atoms with van der Waals surface area (Å²) in [6.07, 6.45) is 1.84. The number of thiophene rings is 1. The first-order valence-electron chi connectivity index (χ1n) is 8.26. The lowest BCUT2D eigenvalue weighted by atomic mass is 9.91. The predicted molar refractivity (Wildman–Crippen MR) is 94.8 cm³/mol. The minimum atomic E-state index is -0.300. The van der Waals surface area contributed by atoms with Crippen molar-refractivity contribution < 1.29 is 13.9 Å². The van der Waals surface area contributed by atoms with E-state index in [1.807, 2.05) is 17.9 Å². The standard InChI is InChI=1S/C18H23FN2O2S/c1-11(20)12-6-8-21(9-7-12)18(22)17-13(10-23-2)16-14(19)4-3-5-15(16)24-17/h3-5,11-12H,6-10,20H2,1-2H3. The Morgan fingerprint density at radius 2 is 2.17 bits per heavy atom. The quantitative estimate of drug-likeness (QED) is 0.920. The molecule has 1 aliphatic heterocycles. The van der Waals surface area contributed by atoms with Crippen molar-refractivity contribution in [1.82, 2.24) is 4.90 Å². The molecule has 4 nitrogen and oxygen atoms in total. The number of ether oxygens (including phenoxy) is 1. The number of benzene rings is 1. The molecule has 1 atom stereocenters. The lowest BCUT2D eigenvalue weighted by Gasteiger charge is -2.33. The van der Waals surface area contributed by atoms with Crippen LogP contribution in [0.3, 0.4) is 0 Å². The molecule has 0 saturated carbocycles. The third kappa shape index (κ3) is 3.18. The van der Waals surface area contributed by atoms with Gasteiger partial charge in [0.15, 0.2) is 0 Å². The zero-order valence-corrected chi connectivity index (χ0v) is 14.9. The van der Waals surface area contributed by atoms with Gasteiger partial charge in [-0.05, 0) is 37.8 Å². The van der Waals surface area contributed by atoms with Gasteiger partial charge in [0, 0.05) is 41.9 Å². The number of hydrogen-bond donors (Lipinski definition) is 1. The molecule has 1 fully saturated rings. The molecule has 3 rings (SSSR count). The van der Waals surface area contributed by atoms with Gasteiger partial charge in [0.2, 0.25) is 0 Å². The second-order valence-electron chi connectivity index (χ2n) is 6.44. The van der Waals surface area contributed by atoms with Crippen LogP contribution in [-0.2, 0) is 11.3 Å². The highest BCUT2D eigenvalue weighted by Gasteiger charge is 2.29. The Bertz CT molecular complexity index is 736. The fourth-order valence-corrected chi connectivity index (χ4v) is 4.58. The molecule has 1 aliphatic rings. The number of carbonyl (C=O) groups is 1. The second kappa shape index (κ2) is 7.17. The first-order chi connectivity index (χ1) is 11.5. The molecule has 1 amide bonds. The highest BCUT2D eigenvalue weighted by molar-refractivity contribution is 7.21. The number of likely N-dealkylation sites (tertiary alicyclic amines) is 1. The molecule has 1 aromatic heterocycles. The van der Waals surface area contributed by atoms with Crippen LogP contribution in [0.2, 0.25) is 0 Å². The summed E-state index contributed by atoms with van der Waals surface area (Å²) in [5.41, 5.74) is 6.63. The summed E-state index contributed by atoms with van der Waals surface area (Å²) in [6, 6.07) is 5.11. The van der Waals surface area contributed by atoms with E-state index >= 15 is 0 Å². The summed E-state index contributed by atoms with van der Waals surface area (Å²) in [5.74, 6) is 0.142. The van der Waals surface area contributed by atoms with Crippen molar-refractivity contribution in [3.63, 3.8) is 0 Å². The predicted octanol–water partition coefficient (Wildman–Crippen LogP) is 3.39. The van der Waals surface area contributed by atoms with Gasteiger partial charge in [-0.15, -0.1) is 11.3 Å². The van der Waals surface area contributed by atoms with Gasteiger partial charge in [-0.1, -0.05) is 6.07 Å². The molecular formula is C18H23FN2O2S. The molecular weight excluding hydrogens is 327 g/mol. The highest BCUT2D eigenvalue weighted by Crippen LogP contribution is 2.35. The highest BCUT2D eigenvalue weighted by atomic mass is 32.1. The van der Waals surface area contributed by atoms with E-state index in [1.54, 1.807) is 13.2 Å². The van der Waals surface area contributed by atoms with Gasteiger partial charge in [-0.2, -0.15) is 0 Å². The molecule has 2 N–H and O–H groups in total. The van der Waals surface area contributed by atoms with Gasteiger partial charge < -0.3 is 15.4 Å². The van der Waals surface area contributed by atoms with Crippen LogP contribution in [0.15, 0.2) is 18.2 Å². The Labute approximate surface area is 145 Å². The van der Waals surface area contributed by atoms with Crippen LogP contribution in [-0.4, -0.2) is 37.0 Å². The first kappa shape index (κ1) is 17.3. The maximum Gasteiger partial charge on any atom is 0.264 e. The van der Waals surface area contributed by atoms with Crippen molar-refractivity contribution in [2.45, 2.75) is 32.4 Å². The van der Waals surface area contributed by atoms with Crippen molar-refractivity contribution in [2.24, 2.45) is 11.7 Å². The van der Waals surface area contributed by atoms with Gasteiger partial charge in [0.05, 0.1) is 11.5 Å². The Kier molecular flexibility index (Phi) is 5.18. The fraction of sp³-hybridized carbons (Fsp3) is 0.500. The molecule has 6 heteroatoms. The van der Waals surface area contributed by atoms with Gasteiger partial charge in [-0.3, -0.25) is 4.79 Å². The molecule has 1 saturated heterocycles. The molecule has 24 heavy (non-hydrogen) atoms. The third-order valence-electron chi connectivity index (χ3n) is 4.82. The van der Waals surface area contributed by atoms with Crippen LogP contribution in [0.5, 0.6) is 0 Å². The first-order valence-corrected chi connectivity index (χ1v) is 9.08. The Morgan fingerprint density at radius 1 is 1.46 bits per heavy atom. The van der Waals surface area contributed by atoms with Crippen molar-refractivity contribution >= 4 is 27.3 Å². The average Bonchev–Trinajstić information content (AvgIpc) is 2.94. The second-order valence-corrected chi connectivity index (χ2v) is 7.50. The van der Waals surface area contributed by atoms with E-state index in [2.05, 4.69) is 0 Å². The minimum absolute atomic E-state index is 0.0224. The van der Waals surface area contributed by atoms with Crippen LogP contribution < -0.4 is 5.73 Å². The number of amides is 1. The van der Waals surface area contributed by atoms with E-state index in [-0.39, 0.29) is 24.4 Å². The van der Waals surface area contributed by atoms with Gasteiger partial charge in [0.1, 0.15) is 5.82 Å². The SMILES string of the molecule is COCc1c(C(=O)N2CCC(C(C)N)CC2)sc2cccc(F)c12. The molecule has 2 heterocycles. The van der Waals surface area contributed by atoms with Crippen molar-refractivity contribution in [3.05, 3.63) is 34.5 Å². The summed E-state index contributed by atoms with van der Waals surface area (Å²) >= 11 is 1.35. The van der Waals surface area contributed by atoms with E-state index < -0.39 is 0 Å². The summed E-state index contributed by atoms with van der Waals surface area (Å²) in [6.45, 7) is 3.66. The Balaban J connectivity index is 1.90. The lowest BCUT2D eigenvalue weighted by Crippen LogP contribution is -2.42. The monoisotopic (exact) mass is 350 g/mol. The number of rotatable bonds is 4. The molecule has 130 valence electrons. The summed E-state index contributed by atoms with van der Waals surface area (Å²) in [4.78, 5) is 15.4. The van der Waals surface area contributed by atoms with Crippen LogP contribution in [0.4, 0.5) is 4.39 Å². The van der Waals surface area contributed by atoms with Gasteiger partial charge in [0.25, 0.3) is 5.91 Å². The molecule has 0 spiro atoms. The zero-order valence-electron chi connectivity index (χ0n) is 14.0. The Hall–Kier alpha value is -1.50. The van der Waals surface area contributed by atoms with Gasteiger partial charge >= 0.3 is 0 Å². The summed E-state index contributed by atoms with van der Waals surface area (Å²) < 4.78 is 20.3. The smallest absolute Gasteiger partial charge is 0.264 e. The van der Waals surface area contributed by atoms with E-state index in [1.165, 1.54) is 17.4 Å². The molecule has 0 aliphatic carbocycles.